The van der Waals surface area contributed by atoms with E-state index >= 15 is 0 Å². The maximum Gasteiger partial charge on any atom is 0.323 e. The van der Waals surface area contributed by atoms with E-state index < -0.39 is 10.5 Å². The van der Waals surface area contributed by atoms with Gasteiger partial charge in [0.2, 0.25) is 0 Å². The van der Waals surface area contributed by atoms with Crippen LogP contribution in [0.3, 0.4) is 0 Å². The second-order valence-corrected chi connectivity index (χ2v) is 5.31. The Morgan fingerprint density at radius 3 is 2.47 bits per heavy atom. The molecule has 0 unspecified atom stereocenters. The van der Waals surface area contributed by atoms with Crippen LogP contribution in [-0.4, -0.2) is 44.1 Å². The monoisotopic (exact) mass is 267 g/mol. The average Bonchev–Trinajstić information content (AvgIpc) is 2.65. The first-order chi connectivity index (χ1) is 8.76. The molecule has 1 aromatic heterocycles. The average molecular weight is 267 g/mol. The van der Waals surface area contributed by atoms with Crippen LogP contribution in [0.25, 0.3) is 0 Å². The van der Waals surface area contributed by atoms with E-state index in [9.17, 15) is 20.0 Å². The minimum absolute atomic E-state index is 0.0688. The van der Waals surface area contributed by atoms with Gasteiger partial charge in [-0.05, 0) is 16.9 Å². The van der Waals surface area contributed by atoms with Crippen LogP contribution >= 0.6 is 0 Å². The van der Waals surface area contributed by atoms with Crippen molar-refractivity contribution in [3.63, 3.8) is 0 Å². The number of carbonyl (C=O) groups excluding carboxylic acids is 1. The SMILES string of the molecule is CC(C)C1(O)CN(C(=O)c2ccc([N+](=O)[O-])n2C)C1. The van der Waals surface area contributed by atoms with Crippen molar-refractivity contribution in [1.29, 1.82) is 0 Å². The van der Waals surface area contributed by atoms with Crippen molar-refractivity contribution in [2.45, 2.75) is 19.4 Å². The molecule has 0 spiro atoms. The predicted molar refractivity (Wildman–Crippen MR) is 67.8 cm³/mol. The van der Waals surface area contributed by atoms with Gasteiger partial charge in [0.15, 0.2) is 5.69 Å². The summed E-state index contributed by atoms with van der Waals surface area (Å²) in [6.45, 7) is 4.33. The number of hydrogen-bond donors (Lipinski definition) is 1. The predicted octanol–water partition coefficient (Wildman–Crippen LogP) is 0.776. The Morgan fingerprint density at radius 1 is 1.47 bits per heavy atom. The molecular weight excluding hydrogens is 250 g/mol. The Bertz CT molecular complexity index is 529. The van der Waals surface area contributed by atoms with Gasteiger partial charge in [-0.25, -0.2) is 4.57 Å². The van der Waals surface area contributed by atoms with Crippen LogP contribution in [0.15, 0.2) is 12.1 Å². The number of hydrogen-bond acceptors (Lipinski definition) is 4. The molecule has 7 nitrogen and oxygen atoms in total. The van der Waals surface area contributed by atoms with Crippen molar-refractivity contribution in [3.05, 3.63) is 27.9 Å². The second-order valence-electron chi connectivity index (χ2n) is 5.31. The molecule has 0 aliphatic carbocycles. The lowest BCUT2D eigenvalue weighted by atomic mass is 9.83. The molecule has 2 rings (SSSR count). The number of β-amino-alcohol motifs (C(OH)–C–C–N with tert-alkyl or cyclic N) is 1. The van der Waals surface area contributed by atoms with Gasteiger partial charge in [-0.2, -0.15) is 0 Å². The largest absolute Gasteiger partial charge is 0.386 e. The van der Waals surface area contributed by atoms with Gasteiger partial charge in [0.1, 0.15) is 5.60 Å². The zero-order valence-corrected chi connectivity index (χ0v) is 11.2. The second kappa shape index (κ2) is 4.34. The van der Waals surface area contributed by atoms with Gasteiger partial charge in [0.25, 0.3) is 5.91 Å². The van der Waals surface area contributed by atoms with E-state index in [1.165, 1.54) is 28.6 Å². The molecular formula is C12H17N3O4. The number of rotatable bonds is 3. The molecule has 1 N–H and O–H groups in total. The molecule has 1 aliphatic rings. The van der Waals surface area contributed by atoms with Crippen molar-refractivity contribution in [2.24, 2.45) is 13.0 Å². The smallest absolute Gasteiger partial charge is 0.323 e. The van der Waals surface area contributed by atoms with Crippen molar-refractivity contribution in [1.82, 2.24) is 9.47 Å². The molecule has 0 saturated carbocycles. The van der Waals surface area contributed by atoms with Crippen LogP contribution in [0, 0.1) is 16.0 Å². The summed E-state index contributed by atoms with van der Waals surface area (Å²) in [4.78, 5) is 23.9. The van der Waals surface area contributed by atoms with Crippen molar-refractivity contribution in [2.75, 3.05) is 13.1 Å². The number of carbonyl (C=O) groups is 1. The summed E-state index contributed by atoms with van der Waals surface area (Å²) in [5.74, 6) is -0.344. The first-order valence-electron chi connectivity index (χ1n) is 6.08. The van der Waals surface area contributed by atoms with Gasteiger partial charge in [-0.15, -0.1) is 0 Å². The fourth-order valence-corrected chi connectivity index (χ4v) is 2.18. The standard InChI is InChI=1S/C12H17N3O4/c1-8(2)12(17)6-14(7-12)11(16)9-4-5-10(13(9)3)15(18)19/h4-5,8,17H,6-7H2,1-3H3. The van der Waals surface area contributed by atoms with E-state index in [0.29, 0.717) is 0 Å². The molecule has 1 aliphatic heterocycles. The van der Waals surface area contributed by atoms with Gasteiger partial charge in [0.05, 0.1) is 20.1 Å². The van der Waals surface area contributed by atoms with E-state index in [1.807, 2.05) is 13.8 Å². The van der Waals surface area contributed by atoms with Crippen molar-refractivity contribution in [3.8, 4) is 0 Å². The first kappa shape index (κ1) is 13.5. The highest BCUT2D eigenvalue weighted by Crippen LogP contribution is 2.30. The Labute approximate surface area is 110 Å². The third-order valence-corrected chi connectivity index (χ3v) is 3.79. The van der Waals surface area contributed by atoms with E-state index in [1.54, 1.807) is 0 Å². The summed E-state index contributed by atoms with van der Waals surface area (Å²) in [5, 5.41) is 20.8. The lowest BCUT2D eigenvalue weighted by molar-refractivity contribution is -0.391. The highest BCUT2D eigenvalue weighted by atomic mass is 16.6. The van der Waals surface area contributed by atoms with Crippen LogP contribution in [0.1, 0.15) is 24.3 Å². The molecule has 2 heterocycles. The molecule has 0 atom stereocenters. The minimum Gasteiger partial charge on any atom is -0.386 e. The van der Waals surface area contributed by atoms with Crippen LogP contribution < -0.4 is 0 Å². The van der Waals surface area contributed by atoms with Crippen LogP contribution in [0.2, 0.25) is 0 Å². The summed E-state index contributed by atoms with van der Waals surface area (Å²) < 4.78 is 1.26. The van der Waals surface area contributed by atoms with E-state index in [4.69, 9.17) is 0 Å². The maximum atomic E-state index is 12.2. The Morgan fingerprint density at radius 2 is 2.05 bits per heavy atom. The van der Waals surface area contributed by atoms with Gasteiger partial charge in [0, 0.05) is 6.07 Å². The highest BCUT2D eigenvalue weighted by Gasteiger charge is 2.47. The van der Waals surface area contributed by atoms with Gasteiger partial charge in [-0.3, -0.25) is 4.79 Å². The van der Waals surface area contributed by atoms with E-state index in [2.05, 4.69) is 0 Å². The third-order valence-electron chi connectivity index (χ3n) is 3.79. The van der Waals surface area contributed by atoms with Gasteiger partial charge < -0.3 is 20.1 Å². The Balaban J connectivity index is 2.13. The molecule has 1 amide bonds. The molecule has 104 valence electrons. The van der Waals surface area contributed by atoms with Crippen LogP contribution in [-0.2, 0) is 7.05 Å². The number of nitro groups is 1. The zero-order valence-electron chi connectivity index (χ0n) is 11.2. The zero-order chi connectivity index (χ0) is 14.4. The number of aromatic nitrogens is 1. The van der Waals surface area contributed by atoms with Crippen molar-refractivity contribution >= 4 is 11.7 Å². The normalized spacial score (nSPS) is 17.4. The molecule has 1 saturated heterocycles. The number of aliphatic hydroxyl groups is 1. The molecule has 19 heavy (non-hydrogen) atoms. The maximum absolute atomic E-state index is 12.2. The molecule has 1 fully saturated rings. The topological polar surface area (TPSA) is 88.6 Å². The lowest BCUT2D eigenvalue weighted by Crippen LogP contribution is -2.66. The molecule has 0 radical (unpaired) electrons. The first-order valence-corrected chi connectivity index (χ1v) is 6.08. The van der Waals surface area contributed by atoms with E-state index in [0.717, 1.165) is 0 Å². The summed E-state index contributed by atoms with van der Waals surface area (Å²) in [6.07, 6.45) is 0. The summed E-state index contributed by atoms with van der Waals surface area (Å²) >= 11 is 0. The number of amides is 1. The number of nitrogens with zero attached hydrogens (tertiary/aromatic N) is 3. The highest BCUT2D eigenvalue weighted by molar-refractivity contribution is 5.94. The molecule has 0 bridgehead atoms. The molecule has 7 heteroatoms. The quantitative estimate of drug-likeness (QED) is 0.647. The lowest BCUT2D eigenvalue weighted by Gasteiger charge is -2.48. The molecule has 1 aromatic rings. The summed E-state index contributed by atoms with van der Waals surface area (Å²) in [7, 11) is 1.49. The fourth-order valence-electron chi connectivity index (χ4n) is 2.18. The third kappa shape index (κ3) is 2.10. The van der Waals surface area contributed by atoms with Crippen molar-refractivity contribution < 1.29 is 14.8 Å². The minimum atomic E-state index is -0.841. The summed E-state index contributed by atoms with van der Waals surface area (Å²) in [6, 6.07) is 2.74. The molecule has 0 aromatic carbocycles. The summed E-state index contributed by atoms with van der Waals surface area (Å²) in [5.41, 5.74) is -0.579. The van der Waals surface area contributed by atoms with E-state index in [-0.39, 0.29) is 36.4 Å². The van der Waals surface area contributed by atoms with Gasteiger partial charge >= 0.3 is 5.82 Å². The Hall–Kier alpha value is -1.89. The van der Waals surface area contributed by atoms with Crippen LogP contribution in [0.4, 0.5) is 5.82 Å². The number of likely N-dealkylation sites (tertiary alicyclic amines) is 1. The van der Waals surface area contributed by atoms with Gasteiger partial charge in [-0.1, -0.05) is 13.8 Å². The van der Waals surface area contributed by atoms with Crippen LogP contribution in [0.5, 0.6) is 0 Å². The fraction of sp³-hybridized carbons (Fsp3) is 0.583. The Kier molecular flexibility index (Phi) is 3.09.